The lowest BCUT2D eigenvalue weighted by Gasteiger charge is -2.24. The highest BCUT2D eigenvalue weighted by Gasteiger charge is 2.32. The molecule has 2 rings (SSSR count). The Bertz CT molecular complexity index is 153. The first-order chi connectivity index (χ1) is 4.40. The summed E-state index contributed by atoms with van der Waals surface area (Å²) >= 11 is 0. The molecule has 1 fully saturated rings. The van der Waals surface area contributed by atoms with Crippen molar-refractivity contribution in [2.24, 2.45) is 5.92 Å². The largest absolute Gasteiger partial charge is 0.495 e. The molecule has 2 aliphatic heterocycles. The third-order valence-corrected chi connectivity index (χ3v) is 2.02. The summed E-state index contributed by atoms with van der Waals surface area (Å²) in [6.45, 7) is 5.42. The Labute approximate surface area is 55.1 Å². The molecule has 2 nitrogen and oxygen atoms in total. The molecule has 9 heavy (non-hydrogen) atoms. The van der Waals surface area contributed by atoms with Crippen LogP contribution in [0.4, 0.5) is 0 Å². The minimum Gasteiger partial charge on any atom is -0.495 e. The highest BCUT2D eigenvalue weighted by Crippen LogP contribution is 2.30. The van der Waals surface area contributed by atoms with Gasteiger partial charge in [-0.2, -0.15) is 0 Å². The van der Waals surface area contributed by atoms with Gasteiger partial charge in [-0.3, -0.25) is 0 Å². The summed E-state index contributed by atoms with van der Waals surface area (Å²) in [7, 11) is 0. The topological polar surface area (TPSA) is 12.5 Å². The van der Waals surface area contributed by atoms with Gasteiger partial charge in [0.15, 0.2) is 0 Å². The maximum absolute atomic E-state index is 5.21. The molecular weight excluding hydrogens is 114 g/mol. The van der Waals surface area contributed by atoms with E-state index in [1.807, 2.05) is 0 Å². The zero-order chi connectivity index (χ0) is 6.27. The van der Waals surface area contributed by atoms with E-state index >= 15 is 0 Å². The molecule has 0 N–H and O–H groups in total. The molecule has 0 spiro atoms. The van der Waals surface area contributed by atoms with Crippen LogP contribution >= 0.6 is 0 Å². The van der Waals surface area contributed by atoms with Gasteiger partial charge in [-0.25, -0.2) is 0 Å². The molecule has 0 saturated carbocycles. The third kappa shape index (κ3) is 0.622. The Morgan fingerprint density at radius 1 is 1.89 bits per heavy atom. The number of ether oxygens (including phenoxy) is 1. The quantitative estimate of drug-likeness (QED) is 0.514. The lowest BCUT2D eigenvalue weighted by molar-refractivity contribution is 0.0581. The molecule has 0 aromatic carbocycles. The summed E-state index contributed by atoms with van der Waals surface area (Å²) in [4.78, 5) is 2.30. The van der Waals surface area contributed by atoms with E-state index in [-0.39, 0.29) is 0 Å². The van der Waals surface area contributed by atoms with Crippen molar-refractivity contribution in [1.82, 2.24) is 4.90 Å². The Hall–Kier alpha value is -0.660. The SMILES string of the molecule is CCN1C=C2OCC2C1. The Balaban J connectivity index is 2.05. The predicted octanol–water partition coefficient (Wildman–Crippen LogP) is 0.810. The van der Waals surface area contributed by atoms with Crippen LogP contribution in [0.25, 0.3) is 0 Å². The maximum Gasteiger partial charge on any atom is 0.120 e. The van der Waals surface area contributed by atoms with Crippen LogP contribution in [-0.2, 0) is 4.74 Å². The summed E-state index contributed by atoms with van der Waals surface area (Å²) < 4.78 is 5.21. The minimum absolute atomic E-state index is 0.741. The van der Waals surface area contributed by atoms with E-state index in [1.54, 1.807) is 0 Å². The van der Waals surface area contributed by atoms with Crippen molar-refractivity contribution < 1.29 is 4.74 Å². The number of nitrogens with zero attached hydrogens (tertiary/aromatic N) is 1. The van der Waals surface area contributed by atoms with Gasteiger partial charge in [0, 0.05) is 19.3 Å². The van der Waals surface area contributed by atoms with Crippen molar-refractivity contribution in [3.8, 4) is 0 Å². The summed E-state index contributed by atoms with van der Waals surface area (Å²) in [5.74, 6) is 1.95. The van der Waals surface area contributed by atoms with E-state index in [2.05, 4.69) is 18.0 Å². The molecule has 1 unspecified atom stereocenters. The zero-order valence-electron chi connectivity index (χ0n) is 5.63. The van der Waals surface area contributed by atoms with Crippen LogP contribution in [0.5, 0.6) is 0 Å². The molecule has 0 bridgehead atoms. The molecule has 50 valence electrons. The number of rotatable bonds is 1. The number of hydrogen-bond donors (Lipinski definition) is 0. The van der Waals surface area contributed by atoms with Gasteiger partial charge in [-0.15, -0.1) is 0 Å². The van der Waals surface area contributed by atoms with E-state index in [0.29, 0.717) is 0 Å². The third-order valence-electron chi connectivity index (χ3n) is 2.02. The van der Waals surface area contributed by atoms with Crippen molar-refractivity contribution in [1.29, 1.82) is 0 Å². The lowest BCUT2D eigenvalue weighted by atomic mass is 10.1. The van der Waals surface area contributed by atoms with Crippen LogP contribution in [-0.4, -0.2) is 24.6 Å². The van der Waals surface area contributed by atoms with Crippen LogP contribution in [0, 0.1) is 5.92 Å². The van der Waals surface area contributed by atoms with Crippen LogP contribution in [0.15, 0.2) is 12.0 Å². The van der Waals surface area contributed by atoms with Crippen molar-refractivity contribution in [2.75, 3.05) is 19.7 Å². The van der Waals surface area contributed by atoms with Gasteiger partial charge in [0.1, 0.15) is 5.76 Å². The normalized spacial score (nSPS) is 30.6. The molecule has 1 saturated heterocycles. The Kier molecular flexibility index (Phi) is 0.949. The molecule has 2 heterocycles. The van der Waals surface area contributed by atoms with Crippen molar-refractivity contribution in [3.63, 3.8) is 0 Å². The van der Waals surface area contributed by atoms with Crippen LogP contribution in [0.2, 0.25) is 0 Å². The molecule has 1 atom stereocenters. The fourth-order valence-corrected chi connectivity index (χ4v) is 1.32. The maximum atomic E-state index is 5.21. The summed E-state index contributed by atoms with van der Waals surface area (Å²) in [6.07, 6.45) is 2.13. The monoisotopic (exact) mass is 125 g/mol. The second-order valence-electron chi connectivity index (χ2n) is 2.63. The Morgan fingerprint density at radius 2 is 2.78 bits per heavy atom. The predicted molar refractivity (Wildman–Crippen MR) is 34.8 cm³/mol. The van der Waals surface area contributed by atoms with Gasteiger partial charge < -0.3 is 9.64 Å². The molecule has 0 amide bonds. The van der Waals surface area contributed by atoms with Crippen molar-refractivity contribution in [3.05, 3.63) is 12.0 Å². The first-order valence-corrected chi connectivity index (χ1v) is 3.48. The van der Waals surface area contributed by atoms with Gasteiger partial charge in [0.05, 0.1) is 12.5 Å². The van der Waals surface area contributed by atoms with E-state index in [9.17, 15) is 0 Å². The Morgan fingerprint density at radius 3 is 3.11 bits per heavy atom. The summed E-state index contributed by atoms with van der Waals surface area (Å²) in [5.41, 5.74) is 0. The highest BCUT2D eigenvalue weighted by atomic mass is 16.5. The van der Waals surface area contributed by atoms with E-state index in [0.717, 1.165) is 19.1 Å². The van der Waals surface area contributed by atoms with Gasteiger partial charge in [0.25, 0.3) is 0 Å². The van der Waals surface area contributed by atoms with Gasteiger partial charge in [0.2, 0.25) is 0 Å². The molecule has 0 aromatic rings. The lowest BCUT2D eigenvalue weighted by Crippen LogP contribution is -2.27. The number of hydrogen-bond acceptors (Lipinski definition) is 2. The fraction of sp³-hybridized carbons (Fsp3) is 0.714. The first kappa shape index (κ1) is 5.15. The van der Waals surface area contributed by atoms with Gasteiger partial charge in [-0.05, 0) is 6.92 Å². The average Bonchev–Trinajstić information content (AvgIpc) is 2.10. The second kappa shape index (κ2) is 1.66. The molecule has 0 radical (unpaired) electrons. The second-order valence-corrected chi connectivity index (χ2v) is 2.63. The van der Waals surface area contributed by atoms with Crippen LogP contribution in [0.3, 0.4) is 0 Å². The zero-order valence-corrected chi connectivity index (χ0v) is 5.63. The standard InChI is InChI=1S/C7H11NO/c1-2-8-3-6-5-9-7(6)4-8/h4,6H,2-3,5H2,1H3. The summed E-state index contributed by atoms with van der Waals surface area (Å²) in [5, 5.41) is 0. The average molecular weight is 125 g/mol. The highest BCUT2D eigenvalue weighted by molar-refractivity contribution is 5.12. The van der Waals surface area contributed by atoms with Crippen LogP contribution < -0.4 is 0 Å². The van der Waals surface area contributed by atoms with Gasteiger partial charge in [-0.1, -0.05) is 0 Å². The fourth-order valence-electron chi connectivity index (χ4n) is 1.32. The minimum atomic E-state index is 0.741. The van der Waals surface area contributed by atoms with E-state index < -0.39 is 0 Å². The first-order valence-electron chi connectivity index (χ1n) is 3.48. The molecule has 0 aliphatic carbocycles. The van der Waals surface area contributed by atoms with E-state index in [1.165, 1.54) is 12.3 Å². The van der Waals surface area contributed by atoms with Crippen molar-refractivity contribution in [2.45, 2.75) is 6.92 Å². The molecule has 2 heteroatoms. The summed E-state index contributed by atoms with van der Waals surface area (Å²) in [6, 6.07) is 0. The molecule has 0 aromatic heterocycles. The molecular formula is C7H11NO. The smallest absolute Gasteiger partial charge is 0.120 e. The van der Waals surface area contributed by atoms with Crippen LogP contribution in [0.1, 0.15) is 6.92 Å². The van der Waals surface area contributed by atoms with Crippen molar-refractivity contribution >= 4 is 0 Å². The molecule has 2 aliphatic rings. The van der Waals surface area contributed by atoms with Gasteiger partial charge >= 0.3 is 0 Å². The van der Waals surface area contributed by atoms with E-state index in [4.69, 9.17) is 4.74 Å². The number of fused-ring (bicyclic) bond motifs is 1.